The van der Waals surface area contributed by atoms with Crippen LogP contribution in [0.1, 0.15) is 110 Å². The Morgan fingerprint density at radius 2 is 1.79 bits per heavy atom. The Morgan fingerprint density at radius 1 is 1.12 bits per heavy atom. The number of nitrogens with one attached hydrogen (secondary N) is 2. The number of carboxylic acid groups (broad SMARTS) is 1. The maximum absolute atomic E-state index is 14.2. The van der Waals surface area contributed by atoms with E-state index in [1.807, 2.05) is 12.2 Å². The van der Waals surface area contributed by atoms with E-state index in [2.05, 4.69) is 24.5 Å². The van der Waals surface area contributed by atoms with E-state index in [1.54, 1.807) is 25.6 Å². The standard InChI is InChI=1S/C31H48N6O6/c1-6-13-22-23(14-7-2)35-37(34-22)21-17-25-26(38)33-31(28(40)41)18-20(31)15-11-9-8-10-12-16-24(27(39)36(25)19-21)32-29(42)43-30(3,4)5/h11,15,20-21,24-25H,6-10,12-14,16-19H2,1-5H3,(H,32,42)(H,33,38)(H,40,41)/t20-,21+,24-,25+,31+/m1/s1. The van der Waals surface area contributed by atoms with E-state index in [0.29, 0.717) is 19.3 Å². The molecule has 1 aromatic rings. The molecule has 2 fully saturated rings. The van der Waals surface area contributed by atoms with Crippen LogP contribution in [0, 0.1) is 5.92 Å². The molecular weight excluding hydrogens is 552 g/mol. The molecule has 1 saturated carbocycles. The van der Waals surface area contributed by atoms with Gasteiger partial charge in [0.1, 0.15) is 23.2 Å². The summed E-state index contributed by atoms with van der Waals surface area (Å²) in [6.07, 6.45) is 10.7. The number of amides is 3. The van der Waals surface area contributed by atoms with Crippen LogP contribution in [0.15, 0.2) is 12.2 Å². The van der Waals surface area contributed by atoms with Crippen LogP contribution in [-0.4, -0.2) is 78.6 Å². The van der Waals surface area contributed by atoms with Crippen molar-refractivity contribution in [2.75, 3.05) is 6.54 Å². The molecular formula is C31H48N6O6. The molecule has 2 aliphatic heterocycles. The highest BCUT2D eigenvalue weighted by Crippen LogP contribution is 2.45. The van der Waals surface area contributed by atoms with Crippen molar-refractivity contribution in [2.24, 2.45) is 5.92 Å². The summed E-state index contributed by atoms with van der Waals surface area (Å²) in [7, 11) is 0. The van der Waals surface area contributed by atoms with Gasteiger partial charge in [0, 0.05) is 18.9 Å². The summed E-state index contributed by atoms with van der Waals surface area (Å²) in [5.74, 6) is -2.30. The molecule has 0 unspecified atom stereocenters. The summed E-state index contributed by atoms with van der Waals surface area (Å²) in [4.78, 5) is 56.2. The second kappa shape index (κ2) is 13.5. The lowest BCUT2D eigenvalue weighted by molar-refractivity contribution is -0.145. The van der Waals surface area contributed by atoms with E-state index in [1.165, 1.54) is 4.90 Å². The van der Waals surface area contributed by atoms with Gasteiger partial charge in [0.2, 0.25) is 11.8 Å². The number of alkyl carbamates (subject to hydrolysis) is 1. The van der Waals surface area contributed by atoms with Crippen molar-refractivity contribution in [3.63, 3.8) is 0 Å². The summed E-state index contributed by atoms with van der Waals surface area (Å²) < 4.78 is 5.46. The first-order valence-corrected chi connectivity index (χ1v) is 15.8. The molecule has 0 spiro atoms. The van der Waals surface area contributed by atoms with Gasteiger partial charge in [-0.15, -0.1) is 0 Å². The molecule has 12 nitrogen and oxygen atoms in total. The summed E-state index contributed by atoms with van der Waals surface area (Å²) in [6, 6.07) is -2.22. The van der Waals surface area contributed by atoms with Crippen molar-refractivity contribution in [2.45, 2.75) is 135 Å². The largest absolute Gasteiger partial charge is 0.479 e. The number of aliphatic carboxylic acids is 1. The molecule has 1 aliphatic carbocycles. The number of carbonyl (C=O) groups excluding carboxylic acids is 3. The number of fused-ring (bicyclic) bond motifs is 2. The van der Waals surface area contributed by atoms with Crippen molar-refractivity contribution in [1.82, 2.24) is 30.5 Å². The zero-order valence-corrected chi connectivity index (χ0v) is 26.2. The van der Waals surface area contributed by atoms with Gasteiger partial charge in [-0.3, -0.25) is 9.59 Å². The zero-order chi connectivity index (χ0) is 31.4. The number of rotatable bonds is 7. The molecule has 3 heterocycles. The van der Waals surface area contributed by atoms with Crippen LogP contribution in [0.3, 0.4) is 0 Å². The second-order valence-corrected chi connectivity index (χ2v) is 13.2. The molecule has 0 bridgehead atoms. The highest BCUT2D eigenvalue weighted by atomic mass is 16.6. The van der Waals surface area contributed by atoms with Gasteiger partial charge in [-0.1, -0.05) is 51.7 Å². The van der Waals surface area contributed by atoms with Crippen molar-refractivity contribution in [3.05, 3.63) is 23.5 Å². The first kappa shape index (κ1) is 32.5. The van der Waals surface area contributed by atoms with Gasteiger partial charge < -0.3 is 25.4 Å². The number of carbonyl (C=O) groups is 4. The second-order valence-electron chi connectivity index (χ2n) is 13.2. The molecule has 4 rings (SSSR count). The van der Waals surface area contributed by atoms with E-state index >= 15 is 0 Å². The van der Waals surface area contributed by atoms with Gasteiger partial charge in [-0.05, 0) is 59.3 Å². The summed E-state index contributed by atoms with van der Waals surface area (Å²) in [5, 5.41) is 25.2. The maximum atomic E-state index is 14.2. The minimum absolute atomic E-state index is 0.165. The summed E-state index contributed by atoms with van der Waals surface area (Å²) in [6.45, 7) is 9.59. The van der Waals surface area contributed by atoms with Crippen molar-refractivity contribution in [3.8, 4) is 0 Å². The normalized spacial score (nSPS) is 28.3. The fourth-order valence-corrected chi connectivity index (χ4v) is 6.11. The number of hydrogen-bond acceptors (Lipinski definition) is 7. The van der Waals surface area contributed by atoms with Gasteiger partial charge in [0.15, 0.2) is 0 Å². The summed E-state index contributed by atoms with van der Waals surface area (Å²) in [5.41, 5.74) is -0.288. The molecule has 43 heavy (non-hydrogen) atoms. The minimum atomic E-state index is -1.39. The van der Waals surface area contributed by atoms with E-state index < -0.39 is 47.1 Å². The predicted octanol–water partition coefficient (Wildman–Crippen LogP) is 3.70. The van der Waals surface area contributed by atoms with Crippen LogP contribution in [-0.2, 0) is 32.0 Å². The van der Waals surface area contributed by atoms with Crippen LogP contribution in [0.25, 0.3) is 0 Å². The number of hydrogen-bond donors (Lipinski definition) is 3. The first-order valence-electron chi connectivity index (χ1n) is 15.8. The van der Waals surface area contributed by atoms with E-state index in [0.717, 1.165) is 56.3 Å². The Hall–Kier alpha value is -3.44. The predicted molar refractivity (Wildman–Crippen MR) is 159 cm³/mol. The van der Waals surface area contributed by atoms with Crippen molar-refractivity contribution < 1.29 is 29.0 Å². The molecule has 3 aliphatic rings. The molecule has 0 radical (unpaired) electrons. The van der Waals surface area contributed by atoms with Crippen LogP contribution < -0.4 is 10.6 Å². The van der Waals surface area contributed by atoms with E-state index in [9.17, 15) is 24.3 Å². The van der Waals surface area contributed by atoms with Gasteiger partial charge in [-0.25, -0.2) is 9.59 Å². The van der Waals surface area contributed by atoms with Crippen LogP contribution in [0.5, 0.6) is 0 Å². The Kier molecular flexibility index (Phi) is 10.2. The fraction of sp³-hybridized carbons (Fsp3) is 0.742. The quantitative estimate of drug-likeness (QED) is 0.400. The number of ether oxygens (including phenoxy) is 1. The number of carboxylic acids is 1. The van der Waals surface area contributed by atoms with Crippen LogP contribution >= 0.6 is 0 Å². The topological polar surface area (TPSA) is 156 Å². The fourth-order valence-electron chi connectivity index (χ4n) is 6.11. The average Bonchev–Trinajstić information content (AvgIpc) is 3.24. The molecule has 5 atom stereocenters. The molecule has 238 valence electrons. The third kappa shape index (κ3) is 7.75. The Bertz CT molecular complexity index is 1200. The number of aromatic nitrogens is 3. The lowest BCUT2D eigenvalue weighted by Gasteiger charge is -2.30. The lowest BCUT2D eigenvalue weighted by Crippen LogP contribution is -2.56. The van der Waals surface area contributed by atoms with Crippen molar-refractivity contribution >= 4 is 23.9 Å². The van der Waals surface area contributed by atoms with Gasteiger partial charge >= 0.3 is 12.1 Å². The SMILES string of the molecule is CCCc1nn([C@H]2C[C@H]3C(=O)N[C@@]4(C(=O)O)C[C@H]4C=CCCCCC[C@@H](NC(=O)OC(C)(C)C)C(=O)N3C2)nc1CCC. The molecule has 3 N–H and O–H groups in total. The molecule has 1 aromatic heterocycles. The lowest BCUT2D eigenvalue weighted by atomic mass is 10.0. The van der Waals surface area contributed by atoms with Crippen LogP contribution in [0.2, 0.25) is 0 Å². The number of nitrogens with zero attached hydrogens (tertiary/aromatic N) is 4. The molecule has 1 saturated heterocycles. The molecule has 12 heteroatoms. The Balaban J connectivity index is 1.66. The highest BCUT2D eigenvalue weighted by Gasteiger charge is 2.61. The average molecular weight is 601 g/mol. The first-order chi connectivity index (χ1) is 20.4. The zero-order valence-electron chi connectivity index (χ0n) is 26.2. The van der Waals surface area contributed by atoms with E-state index in [4.69, 9.17) is 14.9 Å². The van der Waals surface area contributed by atoms with E-state index in [-0.39, 0.29) is 24.9 Å². The smallest absolute Gasteiger partial charge is 0.408 e. The van der Waals surface area contributed by atoms with Gasteiger partial charge in [-0.2, -0.15) is 15.0 Å². The van der Waals surface area contributed by atoms with Gasteiger partial charge in [0.25, 0.3) is 0 Å². The number of allylic oxidation sites excluding steroid dienone is 1. The molecule has 3 amide bonds. The third-order valence-corrected chi connectivity index (χ3v) is 8.41. The van der Waals surface area contributed by atoms with Crippen molar-refractivity contribution in [1.29, 1.82) is 0 Å². The Labute approximate surface area is 254 Å². The monoisotopic (exact) mass is 600 g/mol. The Morgan fingerprint density at radius 3 is 2.40 bits per heavy atom. The van der Waals surface area contributed by atoms with Gasteiger partial charge in [0.05, 0.1) is 17.4 Å². The third-order valence-electron chi connectivity index (χ3n) is 8.41. The molecule has 0 aromatic carbocycles. The highest BCUT2D eigenvalue weighted by molar-refractivity contribution is 5.96. The minimum Gasteiger partial charge on any atom is -0.479 e. The maximum Gasteiger partial charge on any atom is 0.408 e. The number of aryl methyl sites for hydroxylation is 2. The van der Waals surface area contributed by atoms with Crippen LogP contribution in [0.4, 0.5) is 4.79 Å². The summed E-state index contributed by atoms with van der Waals surface area (Å²) >= 11 is 0.